The van der Waals surface area contributed by atoms with E-state index in [9.17, 15) is 18.4 Å². The summed E-state index contributed by atoms with van der Waals surface area (Å²) < 4.78 is 33.7. The SMILES string of the molecule is C[C@@H](OC(=O)c1ccc(OC(F)F)cc1)C(=O)N[C@H](C)[C@@H]1C[C@@H]2CC[C@@H]1C2. The molecule has 2 fully saturated rings. The van der Waals surface area contributed by atoms with Crippen LogP contribution in [0.1, 0.15) is 49.9 Å². The van der Waals surface area contributed by atoms with E-state index in [1.807, 2.05) is 6.92 Å². The van der Waals surface area contributed by atoms with Crippen molar-refractivity contribution in [2.75, 3.05) is 0 Å². The summed E-state index contributed by atoms with van der Waals surface area (Å²) in [5, 5.41) is 2.97. The van der Waals surface area contributed by atoms with Crippen molar-refractivity contribution in [2.45, 2.75) is 58.3 Å². The minimum atomic E-state index is -2.93. The molecule has 1 N–H and O–H groups in total. The van der Waals surface area contributed by atoms with Crippen molar-refractivity contribution in [2.24, 2.45) is 17.8 Å². The number of carbonyl (C=O) groups excluding carboxylic acids is 2. The number of rotatable bonds is 7. The van der Waals surface area contributed by atoms with Crippen molar-refractivity contribution in [3.8, 4) is 5.75 Å². The number of hydrogen-bond acceptors (Lipinski definition) is 4. The van der Waals surface area contributed by atoms with Gasteiger partial charge in [-0.15, -0.1) is 0 Å². The lowest BCUT2D eigenvalue weighted by Gasteiger charge is -2.29. The number of fused-ring (bicyclic) bond motifs is 2. The Morgan fingerprint density at radius 3 is 2.37 bits per heavy atom. The van der Waals surface area contributed by atoms with Crippen molar-refractivity contribution in [3.63, 3.8) is 0 Å². The lowest BCUT2D eigenvalue weighted by atomic mass is 9.84. The molecule has 5 nitrogen and oxygen atoms in total. The molecule has 0 radical (unpaired) electrons. The van der Waals surface area contributed by atoms with E-state index in [2.05, 4.69) is 10.1 Å². The van der Waals surface area contributed by atoms with Crippen LogP contribution in [0.15, 0.2) is 24.3 Å². The molecule has 2 aliphatic rings. The van der Waals surface area contributed by atoms with Gasteiger partial charge >= 0.3 is 12.6 Å². The van der Waals surface area contributed by atoms with Crippen molar-refractivity contribution < 1.29 is 27.8 Å². The molecule has 0 spiro atoms. The third-order valence-corrected chi connectivity index (χ3v) is 5.77. The number of carbonyl (C=O) groups is 2. The predicted molar refractivity (Wildman–Crippen MR) is 94.5 cm³/mol. The lowest BCUT2D eigenvalue weighted by Crippen LogP contribution is -2.45. The number of hydrogen-bond donors (Lipinski definition) is 1. The van der Waals surface area contributed by atoms with Crippen LogP contribution in [0.4, 0.5) is 8.78 Å². The Labute approximate surface area is 157 Å². The number of amides is 1. The quantitative estimate of drug-likeness (QED) is 0.730. The normalized spacial score (nSPS) is 25.9. The zero-order chi connectivity index (χ0) is 19.6. The average Bonchev–Trinajstić information content (AvgIpc) is 3.25. The van der Waals surface area contributed by atoms with Crippen LogP contribution in [-0.2, 0) is 9.53 Å². The Hall–Kier alpha value is -2.18. The van der Waals surface area contributed by atoms with E-state index in [1.54, 1.807) is 0 Å². The summed E-state index contributed by atoms with van der Waals surface area (Å²) in [6.07, 6.45) is 4.03. The maximum Gasteiger partial charge on any atom is 0.387 e. The van der Waals surface area contributed by atoms with Crippen LogP contribution in [0.3, 0.4) is 0 Å². The molecule has 0 saturated heterocycles. The second kappa shape index (κ2) is 8.23. The van der Waals surface area contributed by atoms with Gasteiger partial charge in [0.05, 0.1) is 5.56 Å². The molecule has 1 amide bonds. The number of halogens is 2. The fraction of sp³-hybridized carbons (Fsp3) is 0.600. The van der Waals surface area contributed by atoms with Crippen LogP contribution < -0.4 is 10.1 Å². The molecule has 0 unspecified atom stereocenters. The van der Waals surface area contributed by atoms with Gasteiger partial charge in [-0.1, -0.05) is 6.42 Å². The molecule has 0 heterocycles. The molecule has 27 heavy (non-hydrogen) atoms. The first kappa shape index (κ1) is 19.6. The van der Waals surface area contributed by atoms with Gasteiger partial charge in [-0.25, -0.2) is 4.79 Å². The van der Waals surface area contributed by atoms with Gasteiger partial charge in [0.2, 0.25) is 0 Å². The molecule has 2 saturated carbocycles. The van der Waals surface area contributed by atoms with Crippen LogP contribution in [0.5, 0.6) is 5.75 Å². The number of ether oxygens (including phenoxy) is 2. The van der Waals surface area contributed by atoms with E-state index < -0.39 is 18.7 Å². The van der Waals surface area contributed by atoms with Gasteiger partial charge in [-0.05, 0) is 75.1 Å². The Morgan fingerprint density at radius 2 is 1.81 bits per heavy atom. The van der Waals surface area contributed by atoms with Gasteiger partial charge in [0.15, 0.2) is 6.10 Å². The highest BCUT2D eigenvalue weighted by Gasteiger charge is 2.42. The van der Waals surface area contributed by atoms with Gasteiger partial charge in [0.25, 0.3) is 5.91 Å². The highest BCUT2D eigenvalue weighted by molar-refractivity contribution is 5.92. The van der Waals surface area contributed by atoms with Crippen LogP contribution in [0.25, 0.3) is 0 Å². The van der Waals surface area contributed by atoms with Gasteiger partial charge < -0.3 is 14.8 Å². The molecule has 1 aromatic carbocycles. The molecule has 3 rings (SSSR count). The smallest absolute Gasteiger partial charge is 0.387 e. The fourth-order valence-corrected chi connectivity index (χ4v) is 4.41. The maximum atomic E-state index is 12.4. The first-order valence-electron chi connectivity index (χ1n) is 9.39. The largest absolute Gasteiger partial charge is 0.449 e. The Balaban J connectivity index is 1.49. The van der Waals surface area contributed by atoms with Crippen LogP contribution in [-0.4, -0.2) is 30.6 Å². The number of esters is 1. The van der Waals surface area contributed by atoms with Crippen molar-refractivity contribution in [1.82, 2.24) is 5.32 Å². The van der Waals surface area contributed by atoms with Gasteiger partial charge in [-0.3, -0.25) is 4.79 Å². The summed E-state index contributed by atoms with van der Waals surface area (Å²) in [7, 11) is 0. The summed E-state index contributed by atoms with van der Waals surface area (Å²) in [5.41, 5.74) is 0.164. The number of alkyl halides is 2. The van der Waals surface area contributed by atoms with Crippen LogP contribution >= 0.6 is 0 Å². The minimum Gasteiger partial charge on any atom is -0.449 e. The molecular formula is C20H25F2NO4. The molecule has 0 aliphatic heterocycles. The third-order valence-electron chi connectivity index (χ3n) is 5.77. The minimum absolute atomic E-state index is 0.0490. The number of nitrogens with one attached hydrogen (secondary N) is 1. The zero-order valence-electron chi connectivity index (χ0n) is 15.5. The fourth-order valence-electron chi connectivity index (χ4n) is 4.41. The molecule has 2 aliphatic carbocycles. The molecule has 1 aromatic rings. The van der Waals surface area contributed by atoms with Crippen LogP contribution in [0, 0.1) is 17.8 Å². The first-order chi connectivity index (χ1) is 12.8. The summed E-state index contributed by atoms with van der Waals surface area (Å²) >= 11 is 0. The Morgan fingerprint density at radius 1 is 1.11 bits per heavy atom. The highest BCUT2D eigenvalue weighted by Crippen LogP contribution is 2.49. The van der Waals surface area contributed by atoms with E-state index >= 15 is 0 Å². The van der Waals surface area contributed by atoms with E-state index in [0.717, 1.165) is 12.3 Å². The molecule has 148 valence electrons. The second-order valence-corrected chi connectivity index (χ2v) is 7.59. The van der Waals surface area contributed by atoms with E-state index in [-0.39, 0.29) is 23.3 Å². The van der Waals surface area contributed by atoms with E-state index in [0.29, 0.717) is 11.8 Å². The zero-order valence-corrected chi connectivity index (χ0v) is 15.5. The lowest BCUT2D eigenvalue weighted by molar-refractivity contribution is -0.130. The monoisotopic (exact) mass is 381 g/mol. The third kappa shape index (κ3) is 4.76. The molecule has 5 atom stereocenters. The van der Waals surface area contributed by atoms with Gasteiger partial charge in [-0.2, -0.15) is 8.78 Å². The van der Waals surface area contributed by atoms with Crippen LogP contribution in [0.2, 0.25) is 0 Å². The molecule has 7 heteroatoms. The molecule has 2 bridgehead atoms. The highest BCUT2D eigenvalue weighted by atomic mass is 19.3. The average molecular weight is 381 g/mol. The standard InChI is InChI=1S/C20H25F2NO4/c1-11(17-10-13-3-4-15(17)9-13)23-18(24)12(2)26-19(25)14-5-7-16(8-6-14)27-20(21)22/h5-8,11-13,15,17,20H,3-4,9-10H2,1-2H3,(H,23,24)/t11-,12-,13-,15-,17+/m1/s1. The van der Waals surface area contributed by atoms with E-state index in [4.69, 9.17) is 4.74 Å². The topological polar surface area (TPSA) is 64.6 Å². The predicted octanol–water partition coefficient (Wildman–Crippen LogP) is 3.77. The van der Waals surface area contributed by atoms with Gasteiger partial charge in [0, 0.05) is 6.04 Å². The maximum absolute atomic E-state index is 12.4. The van der Waals surface area contributed by atoms with Crippen molar-refractivity contribution in [3.05, 3.63) is 29.8 Å². The summed E-state index contributed by atoms with van der Waals surface area (Å²) in [5.74, 6) is 0.930. The summed E-state index contributed by atoms with van der Waals surface area (Å²) in [6, 6.07) is 5.21. The van der Waals surface area contributed by atoms with Gasteiger partial charge in [0.1, 0.15) is 5.75 Å². The van der Waals surface area contributed by atoms with E-state index in [1.165, 1.54) is 50.5 Å². The number of benzene rings is 1. The van der Waals surface area contributed by atoms with Crippen molar-refractivity contribution >= 4 is 11.9 Å². The molecule has 0 aromatic heterocycles. The first-order valence-corrected chi connectivity index (χ1v) is 9.39. The molecular weight excluding hydrogens is 356 g/mol. The summed E-state index contributed by atoms with van der Waals surface area (Å²) in [6.45, 7) is 0.609. The second-order valence-electron chi connectivity index (χ2n) is 7.59. The summed E-state index contributed by atoms with van der Waals surface area (Å²) in [4.78, 5) is 24.5. The Bertz CT molecular complexity index is 679. The van der Waals surface area contributed by atoms with Crippen molar-refractivity contribution in [1.29, 1.82) is 0 Å². The Kier molecular flexibility index (Phi) is 5.97.